The van der Waals surface area contributed by atoms with Crippen molar-refractivity contribution in [2.45, 2.75) is 32.6 Å². The molecule has 0 radical (unpaired) electrons. The molecule has 1 N–H and O–H groups in total. The molecule has 142 valence electrons. The van der Waals surface area contributed by atoms with Gasteiger partial charge in [0.2, 0.25) is 0 Å². The molecule has 1 fully saturated rings. The lowest BCUT2D eigenvalue weighted by Crippen LogP contribution is -2.40. The number of guanidine groups is 1. The molecule has 5 nitrogen and oxygen atoms in total. The molecule has 1 aliphatic heterocycles. The highest BCUT2D eigenvalue weighted by molar-refractivity contribution is 7.09. The van der Waals surface area contributed by atoms with E-state index in [-0.39, 0.29) is 0 Å². The van der Waals surface area contributed by atoms with Gasteiger partial charge in [-0.2, -0.15) is 0 Å². The average Bonchev–Trinajstić information content (AvgIpc) is 3.16. The van der Waals surface area contributed by atoms with Crippen molar-refractivity contribution in [1.29, 1.82) is 0 Å². The number of hydrogen-bond acceptors (Lipinski definition) is 4. The van der Waals surface area contributed by atoms with Gasteiger partial charge in [0.1, 0.15) is 0 Å². The topological polar surface area (TPSA) is 46.1 Å². The highest BCUT2D eigenvalue weighted by Gasteiger charge is 2.13. The van der Waals surface area contributed by atoms with Crippen LogP contribution >= 0.6 is 11.3 Å². The summed E-state index contributed by atoms with van der Waals surface area (Å²) in [5.41, 5.74) is 0. The summed E-state index contributed by atoms with van der Waals surface area (Å²) >= 11 is 1.82. The van der Waals surface area contributed by atoms with E-state index >= 15 is 0 Å². The average molecular weight is 368 g/mol. The Labute approximate surface area is 156 Å². The second-order valence-electron chi connectivity index (χ2n) is 6.47. The van der Waals surface area contributed by atoms with E-state index in [1.54, 1.807) is 0 Å². The summed E-state index contributed by atoms with van der Waals surface area (Å²) in [6, 6.07) is 4.30. The molecule has 0 atom stereocenters. The van der Waals surface area contributed by atoms with E-state index in [9.17, 15) is 0 Å². The zero-order valence-electron chi connectivity index (χ0n) is 15.7. The minimum absolute atomic E-state index is 0.679. The van der Waals surface area contributed by atoms with Crippen LogP contribution in [0.4, 0.5) is 0 Å². The Kier molecular flexibility index (Phi) is 9.92. The molecule has 0 aliphatic carbocycles. The predicted molar refractivity (Wildman–Crippen MR) is 106 cm³/mol. The molecule has 0 aromatic carbocycles. The van der Waals surface area contributed by atoms with Crippen molar-refractivity contribution < 1.29 is 9.47 Å². The van der Waals surface area contributed by atoms with Crippen LogP contribution in [0, 0.1) is 5.92 Å². The Morgan fingerprint density at radius 2 is 2.28 bits per heavy atom. The number of nitrogens with zero attached hydrogens (tertiary/aromatic N) is 2. The third-order valence-corrected chi connectivity index (χ3v) is 5.31. The molecule has 1 aromatic rings. The SMILES string of the molecule is CCNC(=NCCCOCC1CCOCC1)N(C)CCc1cccs1. The smallest absolute Gasteiger partial charge is 0.193 e. The standard InChI is InChI=1S/C19H33N3O2S/c1-3-20-19(22(2)11-7-18-6-4-15-25-18)21-10-5-12-24-16-17-8-13-23-14-9-17/h4,6,15,17H,3,5,7-14,16H2,1-2H3,(H,20,21). The summed E-state index contributed by atoms with van der Waals surface area (Å²) in [6.45, 7) is 8.23. The summed E-state index contributed by atoms with van der Waals surface area (Å²) in [7, 11) is 2.11. The van der Waals surface area contributed by atoms with Gasteiger partial charge in [-0.3, -0.25) is 4.99 Å². The van der Waals surface area contributed by atoms with Gasteiger partial charge in [0.05, 0.1) is 0 Å². The number of hydrogen-bond donors (Lipinski definition) is 1. The number of nitrogens with one attached hydrogen (secondary N) is 1. The van der Waals surface area contributed by atoms with E-state index in [0.717, 1.165) is 77.7 Å². The van der Waals surface area contributed by atoms with E-state index in [4.69, 9.17) is 14.5 Å². The van der Waals surface area contributed by atoms with E-state index in [1.165, 1.54) is 4.88 Å². The predicted octanol–water partition coefficient (Wildman–Crippen LogP) is 3.02. The maximum absolute atomic E-state index is 5.81. The van der Waals surface area contributed by atoms with Crippen LogP contribution in [0.2, 0.25) is 0 Å². The van der Waals surface area contributed by atoms with Crippen molar-refractivity contribution in [1.82, 2.24) is 10.2 Å². The third-order valence-electron chi connectivity index (χ3n) is 4.37. The number of likely N-dealkylation sites (N-methyl/N-ethyl adjacent to an activating group) is 1. The van der Waals surface area contributed by atoms with E-state index < -0.39 is 0 Å². The zero-order chi connectivity index (χ0) is 17.7. The summed E-state index contributed by atoms with van der Waals surface area (Å²) in [4.78, 5) is 8.37. The molecule has 1 aliphatic rings. The Balaban J connectivity index is 1.62. The summed E-state index contributed by atoms with van der Waals surface area (Å²) < 4.78 is 11.2. The van der Waals surface area contributed by atoms with E-state index in [1.807, 2.05) is 11.3 Å². The molecule has 0 saturated carbocycles. The monoisotopic (exact) mass is 367 g/mol. The Bertz CT molecular complexity index is 473. The summed E-state index contributed by atoms with van der Waals surface area (Å²) in [5.74, 6) is 1.67. The molecule has 0 bridgehead atoms. The summed E-state index contributed by atoms with van der Waals surface area (Å²) in [5, 5.41) is 5.51. The quantitative estimate of drug-likeness (QED) is 0.392. The lowest BCUT2D eigenvalue weighted by molar-refractivity contribution is 0.0205. The van der Waals surface area contributed by atoms with Crippen molar-refractivity contribution in [3.8, 4) is 0 Å². The highest BCUT2D eigenvalue weighted by atomic mass is 32.1. The van der Waals surface area contributed by atoms with Crippen LogP contribution in [0.1, 0.15) is 31.1 Å². The fourth-order valence-corrected chi connectivity index (χ4v) is 3.52. The van der Waals surface area contributed by atoms with Gasteiger partial charge in [-0.25, -0.2) is 0 Å². The van der Waals surface area contributed by atoms with Gasteiger partial charge in [0.15, 0.2) is 5.96 Å². The van der Waals surface area contributed by atoms with Gasteiger partial charge < -0.3 is 19.7 Å². The number of ether oxygens (including phenoxy) is 2. The van der Waals surface area contributed by atoms with Crippen molar-refractivity contribution in [3.63, 3.8) is 0 Å². The first-order chi connectivity index (χ1) is 12.3. The number of rotatable bonds is 10. The first-order valence-electron chi connectivity index (χ1n) is 9.47. The molecule has 0 unspecified atom stereocenters. The second kappa shape index (κ2) is 12.3. The largest absolute Gasteiger partial charge is 0.381 e. The number of thiophene rings is 1. The molecule has 1 aromatic heterocycles. The first-order valence-corrected chi connectivity index (χ1v) is 10.3. The normalized spacial score (nSPS) is 16.2. The molecule has 25 heavy (non-hydrogen) atoms. The van der Waals surface area contributed by atoms with Gasteiger partial charge >= 0.3 is 0 Å². The summed E-state index contributed by atoms with van der Waals surface area (Å²) in [6.07, 6.45) is 4.30. The molecular formula is C19H33N3O2S. The second-order valence-corrected chi connectivity index (χ2v) is 7.50. The van der Waals surface area contributed by atoms with Crippen LogP contribution < -0.4 is 5.32 Å². The Morgan fingerprint density at radius 1 is 1.44 bits per heavy atom. The fourth-order valence-electron chi connectivity index (χ4n) is 2.82. The van der Waals surface area contributed by atoms with Gasteiger partial charge in [-0.05, 0) is 50.0 Å². The van der Waals surface area contributed by atoms with Crippen LogP contribution in [0.5, 0.6) is 0 Å². The molecule has 0 spiro atoms. The van der Waals surface area contributed by atoms with Crippen LogP contribution in [-0.2, 0) is 15.9 Å². The maximum Gasteiger partial charge on any atom is 0.193 e. The maximum atomic E-state index is 5.81. The van der Waals surface area contributed by atoms with Crippen molar-refractivity contribution >= 4 is 17.3 Å². The van der Waals surface area contributed by atoms with Crippen molar-refractivity contribution in [3.05, 3.63) is 22.4 Å². The molecule has 2 heterocycles. The van der Waals surface area contributed by atoms with Crippen LogP contribution in [-0.4, -0.2) is 64.0 Å². The van der Waals surface area contributed by atoms with E-state index in [0.29, 0.717) is 5.92 Å². The molecule has 0 amide bonds. The Morgan fingerprint density at radius 3 is 3.00 bits per heavy atom. The third kappa shape index (κ3) is 8.21. The molecule has 1 saturated heterocycles. The van der Waals surface area contributed by atoms with E-state index in [2.05, 4.69) is 41.7 Å². The van der Waals surface area contributed by atoms with Crippen LogP contribution in [0.3, 0.4) is 0 Å². The Hall–Kier alpha value is -1.11. The minimum Gasteiger partial charge on any atom is -0.381 e. The highest BCUT2D eigenvalue weighted by Crippen LogP contribution is 2.14. The van der Waals surface area contributed by atoms with Crippen LogP contribution in [0.25, 0.3) is 0 Å². The van der Waals surface area contributed by atoms with Gasteiger partial charge in [-0.1, -0.05) is 6.07 Å². The van der Waals surface area contributed by atoms with Crippen molar-refractivity contribution in [2.24, 2.45) is 10.9 Å². The van der Waals surface area contributed by atoms with Crippen LogP contribution in [0.15, 0.2) is 22.5 Å². The van der Waals surface area contributed by atoms with Gasteiger partial charge in [-0.15, -0.1) is 11.3 Å². The molecular weight excluding hydrogens is 334 g/mol. The number of aliphatic imine (C=N–C) groups is 1. The van der Waals surface area contributed by atoms with Gasteiger partial charge in [0, 0.05) is 58.0 Å². The first kappa shape index (κ1) is 20.2. The van der Waals surface area contributed by atoms with Crippen molar-refractivity contribution in [2.75, 3.05) is 53.1 Å². The molecule has 2 rings (SSSR count). The minimum atomic E-state index is 0.679. The van der Waals surface area contributed by atoms with Gasteiger partial charge in [0.25, 0.3) is 0 Å². The fraction of sp³-hybridized carbons (Fsp3) is 0.737. The molecule has 6 heteroatoms. The lowest BCUT2D eigenvalue weighted by atomic mass is 10.0. The zero-order valence-corrected chi connectivity index (χ0v) is 16.5. The lowest BCUT2D eigenvalue weighted by Gasteiger charge is -2.22.